The summed E-state index contributed by atoms with van der Waals surface area (Å²) in [4.78, 5) is 11.9. The Balaban J connectivity index is 2.68. The molecule has 0 fully saturated rings. The molecular weight excluding hydrogens is 193 g/mol. The van der Waals surface area contributed by atoms with Gasteiger partial charge in [0.25, 0.3) is 0 Å². The lowest BCUT2D eigenvalue weighted by Gasteiger charge is -2.26. The minimum Gasteiger partial charge on any atom is -0.325 e. The molecule has 1 atom stereocenters. The predicted molar refractivity (Wildman–Crippen MR) is 57.2 cm³/mol. The molecule has 1 aliphatic heterocycles. The third-order valence-corrected chi connectivity index (χ3v) is 3.41. The van der Waals surface area contributed by atoms with Crippen molar-refractivity contribution in [1.82, 2.24) is 0 Å². The molecule has 1 amide bonds. The number of carbonyl (C=O) groups is 1. The third kappa shape index (κ3) is 1.19. The van der Waals surface area contributed by atoms with Crippen LogP contribution in [-0.2, 0) is 10.2 Å². The fourth-order valence-corrected chi connectivity index (χ4v) is 2.07. The van der Waals surface area contributed by atoms with Crippen LogP contribution in [0.5, 0.6) is 0 Å². The summed E-state index contributed by atoms with van der Waals surface area (Å²) in [6, 6.07) is 4.75. The van der Waals surface area contributed by atoms with E-state index in [1.807, 2.05) is 13.8 Å². The molecule has 0 saturated carbocycles. The van der Waals surface area contributed by atoms with E-state index in [9.17, 15) is 9.18 Å². The molecule has 1 heterocycles. The van der Waals surface area contributed by atoms with Gasteiger partial charge in [-0.25, -0.2) is 4.39 Å². The Morgan fingerprint density at radius 3 is 2.67 bits per heavy atom. The van der Waals surface area contributed by atoms with E-state index in [1.165, 1.54) is 6.07 Å². The molecule has 2 nitrogen and oxygen atoms in total. The van der Waals surface area contributed by atoms with Crippen molar-refractivity contribution in [3.8, 4) is 0 Å². The molecule has 0 saturated heterocycles. The standard InChI is InChI=1S/C12H14FNO/c1-7(2)12(3)10-8(13)5-4-6-9(10)14-11(12)15/h4-7H,1-3H3,(H,14,15)/t12-/m0/s1. The van der Waals surface area contributed by atoms with Crippen molar-refractivity contribution >= 4 is 11.6 Å². The van der Waals surface area contributed by atoms with E-state index in [0.717, 1.165) is 0 Å². The molecule has 0 radical (unpaired) electrons. The van der Waals surface area contributed by atoms with Crippen LogP contribution >= 0.6 is 0 Å². The lowest BCUT2D eigenvalue weighted by molar-refractivity contribution is -0.121. The van der Waals surface area contributed by atoms with E-state index in [4.69, 9.17) is 0 Å². The van der Waals surface area contributed by atoms with Gasteiger partial charge in [0.2, 0.25) is 5.91 Å². The van der Waals surface area contributed by atoms with E-state index in [-0.39, 0.29) is 17.6 Å². The number of halogens is 1. The molecule has 0 unspecified atom stereocenters. The van der Waals surface area contributed by atoms with Gasteiger partial charge >= 0.3 is 0 Å². The van der Waals surface area contributed by atoms with Crippen LogP contribution in [-0.4, -0.2) is 5.91 Å². The van der Waals surface area contributed by atoms with Crippen LogP contribution < -0.4 is 5.32 Å². The zero-order valence-corrected chi connectivity index (χ0v) is 9.10. The van der Waals surface area contributed by atoms with Crippen molar-refractivity contribution in [2.45, 2.75) is 26.2 Å². The summed E-state index contributed by atoms with van der Waals surface area (Å²) in [6.45, 7) is 5.66. The Morgan fingerprint density at radius 2 is 2.07 bits per heavy atom. The predicted octanol–water partition coefficient (Wildman–Crippen LogP) is 2.69. The first-order valence-corrected chi connectivity index (χ1v) is 5.08. The van der Waals surface area contributed by atoms with Gasteiger partial charge in [0.05, 0.1) is 5.41 Å². The number of anilines is 1. The normalized spacial score (nSPS) is 24.2. The van der Waals surface area contributed by atoms with Crippen molar-refractivity contribution in [2.24, 2.45) is 5.92 Å². The second-order valence-corrected chi connectivity index (χ2v) is 4.47. The minimum atomic E-state index is -0.749. The molecule has 80 valence electrons. The van der Waals surface area contributed by atoms with Crippen molar-refractivity contribution in [1.29, 1.82) is 0 Å². The van der Waals surface area contributed by atoms with Crippen LogP contribution in [0.1, 0.15) is 26.3 Å². The zero-order chi connectivity index (χ0) is 11.2. The van der Waals surface area contributed by atoms with Gasteiger partial charge in [-0.2, -0.15) is 0 Å². The number of benzene rings is 1. The summed E-state index contributed by atoms with van der Waals surface area (Å²) in [7, 11) is 0. The van der Waals surface area contributed by atoms with Gasteiger partial charge in [0.1, 0.15) is 5.82 Å². The second-order valence-electron chi connectivity index (χ2n) is 4.47. The Hall–Kier alpha value is -1.38. The topological polar surface area (TPSA) is 29.1 Å². The van der Waals surface area contributed by atoms with Gasteiger partial charge in [-0.05, 0) is 25.0 Å². The van der Waals surface area contributed by atoms with Crippen LogP contribution in [0.3, 0.4) is 0 Å². The Bertz CT molecular complexity index is 428. The monoisotopic (exact) mass is 207 g/mol. The lowest BCUT2D eigenvalue weighted by atomic mass is 9.74. The van der Waals surface area contributed by atoms with Gasteiger partial charge in [-0.1, -0.05) is 19.9 Å². The Morgan fingerprint density at radius 1 is 1.40 bits per heavy atom. The first-order valence-electron chi connectivity index (χ1n) is 5.08. The van der Waals surface area contributed by atoms with Gasteiger partial charge in [0.15, 0.2) is 0 Å². The highest BCUT2D eigenvalue weighted by atomic mass is 19.1. The van der Waals surface area contributed by atoms with Gasteiger partial charge < -0.3 is 5.32 Å². The molecular formula is C12H14FNO. The molecule has 0 aromatic heterocycles. The van der Waals surface area contributed by atoms with Crippen LogP contribution in [0, 0.1) is 11.7 Å². The first-order chi connectivity index (χ1) is 6.98. The number of fused-ring (bicyclic) bond motifs is 1. The van der Waals surface area contributed by atoms with E-state index < -0.39 is 5.41 Å². The second kappa shape index (κ2) is 3.05. The number of amides is 1. The minimum absolute atomic E-state index is 0.0654. The molecule has 1 aromatic carbocycles. The molecule has 3 heteroatoms. The summed E-state index contributed by atoms with van der Waals surface area (Å²) < 4.78 is 13.7. The average molecular weight is 207 g/mol. The van der Waals surface area contributed by atoms with Crippen LogP contribution in [0.25, 0.3) is 0 Å². The van der Waals surface area contributed by atoms with Gasteiger partial charge in [-0.15, -0.1) is 0 Å². The number of rotatable bonds is 1. The van der Waals surface area contributed by atoms with Crippen LogP contribution in [0.2, 0.25) is 0 Å². The van der Waals surface area contributed by atoms with Crippen LogP contribution in [0.15, 0.2) is 18.2 Å². The summed E-state index contributed by atoms with van der Waals surface area (Å²) in [5.74, 6) is -0.352. The molecule has 15 heavy (non-hydrogen) atoms. The van der Waals surface area contributed by atoms with Crippen molar-refractivity contribution < 1.29 is 9.18 Å². The first kappa shape index (κ1) is 10.1. The summed E-state index contributed by atoms with van der Waals surface area (Å²) in [5, 5.41) is 2.73. The maximum Gasteiger partial charge on any atom is 0.235 e. The quantitative estimate of drug-likeness (QED) is 0.753. The fraction of sp³-hybridized carbons (Fsp3) is 0.417. The van der Waals surface area contributed by atoms with Gasteiger partial charge in [0, 0.05) is 11.3 Å². The van der Waals surface area contributed by atoms with Crippen molar-refractivity contribution in [3.63, 3.8) is 0 Å². The van der Waals surface area contributed by atoms with E-state index in [2.05, 4.69) is 5.32 Å². The van der Waals surface area contributed by atoms with Gasteiger partial charge in [-0.3, -0.25) is 4.79 Å². The molecule has 0 spiro atoms. The average Bonchev–Trinajstić information content (AvgIpc) is 2.41. The smallest absolute Gasteiger partial charge is 0.235 e. The van der Waals surface area contributed by atoms with E-state index in [0.29, 0.717) is 11.3 Å². The molecule has 1 N–H and O–H groups in total. The maximum absolute atomic E-state index is 13.7. The summed E-state index contributed by atoms with van der Waals surface area (Å²) in [5.41, 5.74) is 0.363. The Kier molecular flexibility index (Phi) is 2.07. The third-order valence-electron chi connectivity index (χ3n) is 3.41. The van der Waals surface area contributed by atoms with E-state index in [1.54, 1.807) is 19.1 Å². The maximum atomic E-state index is 13.7. The summed E-state index contributed by atoms with van der Waals surface area (Å²) in [6.07, 6.45) is 0. The number of hydrogen-bond acceptors (Lipinski definition) is 1. The largest absolute Gasteiger partial charge is 0.325 e. The molecule has 0 aliphatic carbocycles. The highest BCUT2D eigenvalue weighted by molar-refractivity contribution is 6.06. The number of hydrogen-bond donors (Lipinski definition) is 1. The number of nitrogens with one attached hydrogen (secondary N) is 1. The highest BCUT2D eigenvalue weighted by Gasteiger charge is 2.46. The van der Waals surface area contributed by atoms with E-state index >= 15 is 0 Å². The molecule has 0 bridgehead atoms. The van der Waals surface area contributed by atoms with Crippen LogP contribution in [0.4, 0.5) is 10.1 Å². The number of carbonyl (C=O) groups excluding carboxylic acids is 1. The fourth-order valence-electron chi connectivity index (χ4n) is 2.07. The zero-order valence-electron chi connectivity index (χ0n) is 9.10. The molecule has 1 aromatic rings. The molecule has 2 rings (SSSR count). The Labute approximate surface area is 88.5 Å². The summed E-state index contributed by atoms with van der Waals surface area (Å²) >= 11 is 0. The molecule has 1 aliphatic rings. The lowest BCUT2D eigenvalue weighted by Crippen LogP contribution is -2.36. The van der Waals surface area contributed by atoms with Crippen molar-refractivity contribution in [2.75, 3.05) is 5.32 Å². The van der Waals surface area contributed by atoms with Crippen molar-refractivity contribution in [3.05, 3.63) is 29.6 Å². The SMILES string of the molecule is CC(C)[C@]1(C)C(=O)Nc2cccc(F)c21. The highest BCUT2D eigenvalue weighted by Crippen LogP contribution is 2.43.